The van der Waals surface area contributed by atoms with Crippen LogP contribution < -0.4 is 0 Å². The summed E-state index contributed by atoms with van der Waals surface area (Å²) in [5, 5.41) is 9.80. The third-order valence-corrected chi connectivity index (χ3v) is 3.30. The van der Waals surface area contributed by atoms with E-state index >= 15 is 0 Å². The molecule has 2 rings (SSSR count). The SMILES string of the molecule is O=C(OCCc1ccccc1)[C@H](O)CCc1ccccc1. The third kappa shape index (κ3) is 5.40. The molecule has 2 aromatic rings. The van der Waals surface area contributed by atoms with Crippen molar-refractivity contribution in [2.75, 3.05) is 6.61 Å². The Bertz CT molecular complexity index is 537. The van der Waals surface area contributed by atoms with Crippen LogP contribution in [0.15, 0.2) is 60.7 Å². The van der Waals surface area contributed by atoms with E-state index in [0.29, 0.717) is 25.9 Å². The Morgan fingerprint density at radius 3 is 2.00 bits per heavy atom. The Morgan fingerprint density at radius 2 is 1.43 bits per heavy atom. The maximum Gasteiger partial charge on any atom is 0.334 e. The van der Waals surface area contributed by atoms with Crippen LogP contribution in [0.5, 0.6) is 0 Å². The first kappa shape index (κ1) is 15.3. The zero-order chi connectivity index (χ0) is 14.9. The van der Waals surface area contributed by atoms with Crippen LogP contribution in [0.4, 0.5) is 0 Å². The molecule has 2 aromatic carbocycles. The number of aliphatic hydroxyl groups is 1. The lowest BCUT2D eigenvalue weighted by Gasteiger charge is -2.10. The Balaban J connectivity index is 1.68. The molecule has 0 aliphatic rings. The van der Waals surface area contributed by atoms with Crippen molar-refractivity contribution >= 4 is 5.97 Å². The molecule has 0 aliphatic carbocycles. The molecular formula is C18H20O3. The highest BCUT2D eigenvalue weighted by Crippen LogP contribution is 2.07. The lowest BCUT2D eigenvalue weighted by atomic mass is 10.1. The highest BCUT2D eigenvalue weighted by Gasteiger charge is 2.16. The van der Waals surface area contributed by atoms with Gasteiger partial charge in [-0.2, -0.15) is 0 Å². The minimum atomic E-state index is -1.05. The lowest BCUT2D eigenvalue weighted by Crippen LogP contribution is -2.24. The van der Waals surface area contributed by atoms with Gasteiger partial charge in [0.2, 0.25) is 0 Å². The fraction of sp³-hybridized carbons (Fsp3) is 0.278. The van der Waals surface area contributed by atoms with Crippen LogP contribution in [0.3, 0.4) is 0 Å². The van der Waals surface area contributed by atoms with Gasteiger partial charge in [-0.05, 0) is 24.0 Å². The summed E-state index contributed by atoms with van der Waals surface area (Å²) in [7, 11) is 0. The van der Waals surface area contributed by atoms with E-state index in [-0.39, 0.29) is 0 Å². The molecule has 1 N–H and O–H groups in total. The molecule has 110 valence electrons. The number of carbonyl (C=O) groups excluding carboxylic acids is 1. The maximum atomic E-state index is 11.7. The van der Waals surface area contributed by atoms with Crippen LogP contribution in [0.25, 0.3) is 0 Å². The quantitative estimate of drug-likeness (QED) is 0.795. The summed E-state index contributed by atoms with van der Waals surface area (Å²) >= 11 is 0. The molecule has 0 fully saturated rings. The van der Waals surface area contributed by atoms with Crippen molar-refractivity contribution in [1.82, 2.24) is 0 Å². The molecule has 0 aliphatic heterocycles. The number of esters is 1. The topological polar surface area (TPSA) is 46.5 Å². The number of aliphatic hydroxyl groups excluding tert-OH is 1. The first-order valence-electron chi connectivity index (χ1n) is 7.18. The van der Waals surface area contributed by atoms with Crippen molar-refractivity contribution in [3.63, 3.8) is 0 Å². The zero-order valence-corrected chi connectivity index (χ0v) is 11.9. The molecular weight excluding hydrogens is 264 g/mol. The fourth-order valence-electron chi connectivity index (χ4n) is 2.08. The third-order valence-electron chi connectivity index (χ3n) is 3.30. The van der Waals surface area contributed by atoms with Gasteiger partial charge in [0.05, 0.1) is 6.61 Å². The van der Waals surface area contributed by atoms with Gasteiger partial charge in [-0.15, -0.1) is 0 Å². The van der Waals surface area contributed by atoms with Gasteiger partial charge in [-0.3, -0.25) is 0 Å². The second kappa shape index (κ2) is 8.22. The molecule has 0 aromatic heterocycles. The summed E-state index contributed by atoms with van der Waals surface area (Å²) in [5.74, 6) is -0.540. The second-order valence-electron chi connectivity index (χ2n) is 4.94. The number of ether oxygens (including phenoxy) is 1. The summed E-state index contributed by atoms with van der Waals surface area (Å²) < 4.78 is 5.11. The van der Waals surface area contributed by atoms with Crippen molar-refractivity contribution in [3.05, 3.63) is 71.8 Å². The van der Waals surface area contributed by atoms with Gasteiger partial charge in [0.15, 0.2) is 6.10 Å². The molecule has 0 unspecified atom stereocenters. The first-order valence-corrected chi connectivity index (χ1v) is 7.18. The molecule has 0 spiro atoms. The standard InChI is InChI=1S/C18H20O3/c19-17(12-11-15-7-3-1-4-8-15)18(20)21-14-13-16-9-5-2-6-10-16/h1-10,17,19H,11-14H2/t17-/m1/s1. The fourth-order valence-corrected chi connectivity index (χ4v) is 2.08. The van der Waals surface area contributed by atoms with E-state index in [1.165, 1.54) is 0 Å². The van der Waals surface area contributed by atoms with Crippen LogP contribution in [0.1, 0.15) is 17.5 Å². The van der Waals surface area contributed by atoms with Crippen molar-refractivity contribution in [2.24, 2.45) is 0 Å². The van der Waals surface area contributed by atoms with Crippen molar-refractivity contribution in [2.45, 2.75) is 25.4 Å². The lowest BCUT2D eigenvalue weighted by molar-refractivity contribution is -0.153. The van der Waals surface area contributed by atoms with E-state index in [2.05, 4.69) is 0 Å². The van der Waals surface area contributed by atoms with E-state index in [9.17, 15) is 9.90 Å². The molecule has 0 amide bonds. The maximum absolute atomic E-state index is 11.7. The van der Waals surface area contributed by atoms with E-state index in [1.54, 1.807) is 0 Å². The largest absolute Gasteiger partial charge is 0.463 e. The summed E-state index contributed by atoms with van der Waals surface area (Å²) in [4.78, 5) is 11.7. The second-order valence-corrected chi connectivity index (χ2v) is 4.94. The minimum absolute atomic E-state index is 0.297. The van der Waals surface area contributed by atoms with Gasteiger partial charge >= 0.3 is 5.97 Å². The van der Waals surface area contributed by atoms with E-state index in [0.717, 1.165) is 11.1 Å². The molecule has 3 heteroatoms. The summed E-state index contributed by atoms with van der Waals surface area (Å²) in [6, 6.07) is 19.6. The average Bonchev–Trinajstić information content (AvgIpc) is 2.54. The summed E-state index contributed by atoms with van der Waals surface area (Å²) in [6.45, 7) is 0.297. The van der Waals surface area contributed by atoms with E-state index in [1.807, 2.05) is 60.7 Å². The molecule has 0 heterocycles. The summed E-state index contributed by atoms with van der Waals surface area (Å²) in [6.07, 6.45) is 0.656. The number of hydrogen-bond donors (Lipinski definition) is 1. The highest BCUT2D eigenvalue weighted by atomic mass is 16.5. The Morgan fingerprint density at radius 1 is 0.905 bits per heavy atom. The number of rotatable bonds is 7. The van der Waals surface area contributed by atoms with Crippen LogP contribution in [0.2, 0.25) is 0 Å². The van der Waals surface area contributed by atoms with Gasteiger partial charge in [-0.1, -0.05) is 60.7 Å². The van der Waals surface area contributed by atoms with Crippen LogP contribution in [-0.4, -0.2) is 23.8 Å². The Labute approximate surface area is 125 Å². The Hall–Kier alpha value is -2.13. The molecule has 21 heavy (non-hydrogen) atoms. The predicted molar refractivity (Wildman–Crippen MR) is 81.9 cm³/mol. The number of benzene rings is 2. The molecule has 0 radical (unpaired) electrons. The number of hydrogen-bond acceptors (Lipinski definition) is 3. The van der Waals surface area contributed by atoms with Gasteiger partial charge in [0.25, 0.3) is 0 Å². The molecule has 3 nitrogen and oxygen atoms in total. The smallest absolute Gasteiger partial charge is 0.334 e. The Kier molecular flexibility index (Phi) is 5.98. The minimum Gasteiger partial charge on any atom is -0.463 e. The van der Waals surface area contributed by atoms with Crippen molar-refractivity contribution < 1.29 is 14.6 Å². The first-order chi connectivity index (χ1) is 10.3. The molecule has 0 saturated carbocycles. The molecule has 1 atom stereocenters. The zero-order valence-electron chi connectivity index (χ0n) is 11.9. The van der Waals surface area contributed by atoms with Crippen molar-refractivity contribution in [3.8, 4) is 0 Å². The molecule has 0 bridgehead atoms. The number of aryl methyl sites for hydroxylation is 1. The van der Waals surface area contributed by atoms with Crippen LogP contribution in [-0.2, 0) is 22.4 Å². The monoisotopic (exact) mass is 284 g/mol. The normalized spacial score (nSPS) is 11.9. The van der Waals surface area contributed by atoms with E-state index < -0.39 is 12.1 Å². The van der Waals surface area contributed by atoms with Crippen molar-refractivity contribution in [1.29, 1.82) is 0 Å². The highest BCUT2D eigenvalue weighted by molar-refractivity contribution is 5.74. The van der Waals surface area contributed by atoms with Crippen LogP contribution in [0, 0.1) is 0 Å². The van der Waals surface area contributed by atoms with Gasteiger partial charge in [0.1, 0.15) is 0 Å². The van der Waals surface area contributed by atoms with Gasteiger partial charge in [-0.25, -0.2) is 4.79 Å². The predicted octanol–water partition coefficient (Wildman–Crippen LogP) is 2.77. The molecule has 0 saturated heterocycles. The number of carbonyl (C=O) groups is 1. The van der Waals surface area contributed by atoms with Crippen LogP contribution >= 0.6 is 0 Å². The average molecular weight is 284 g/mol. The summed E-state index contributed by atoms with van der Waals surface area (Å²) in [5.41, 5.74) is 2.22. The van der Waals surface area contributed by atoms with E-state index in [4.69, 9.17) is 4.74 Å². The van der Waals surface area contributed by atoms with Gasteiger partial charge < -0.3 is 9.84 Å². The van der Waals surface area contributed by atoms with Gasteiger partial charge in [0, 0.05) is 6.42 Å².